The Bertz CT molecular complexity index is 64.8. The Kier molecular flexibility index (Phi) is 4.42. The molecule has 0 radical (unpaired) electrons. The van der Waals surface area contributed by atoms with Gasteiger partial charge in [-0.1, -0.05) is 13.8 Å². The number of ether oxygens (including phenoxy) is 1. The van der Waals surface area contributed by atoms with E-state index in [0.29, 0.717) is 0 Å². The van der Waals surface area contributed by atoms with Gasteiger partial charge in [-0.25, -0.2) is 0 Å². The van der Waals surface area contributed by atoms with Crippen LogP contribution in [0.4, 0.5) is 0 Å². The standard InChI is InChI=1S/C7H14O/c1-7(2)5-4-6-8-3/h4,6-7H,5H2,1-3H3/b6-4+. The summed E-state index contributed by atoms with van der Waals surface area (Å²) in [5.74, 6) is 0.737. The first-order chi connectivity index (χ1) is 3.77. The fourth-order valence-electron chi connectivity index (χ4n) is 0.424. The predicted molar refractivity (Wildman–Crippen MR) is 35.6 cm³/mol. The van der Waals surface area contributed by atoms with E-state index in [0.717, 1.165) is 12.3 Å². The van der Waals surface area contributed by atoms with Gasteiger partial charge < -0.3 is 4.74 Å². The van der Waals surface area contributed by atoms with Gasteiger partial charge >= 0.3 is 0 Å². The van der Waals surface area contributed by atoms with E-state index < -0.39 is 0 Å². The lowest BCUT2D eigenvalue weighted by molar-refractivity contribution is 0.335. The van der Waals surface area contributed by atoms with Gasteiger partial charge in [0, 0.05) is 0 Å². The Morgan fingerprint density at radius 2 is 2.12 bits per heavy atom. The van der Waals surface area contributed by atoms with Gasteiger partial charge in [-0.2, -0.15) is 0 Å². The smallest absolute Gasteiger partial charge is 0.0784 e. The summed E-state index contributed by atoms with van der Waals surface area (Å²) in [4.78, 5) is 0. The van der Waals surface area contributed by atoms with Crippen LogP contribution in [0.3, 0.4) is 0 Å². The van der Waals surface area contributed by atoms with Crippen LogP contribution in [0.1, 0.15) is 20.3 Å². The summed E-state index contributed by atoms with van der Waals surface area (Å²) in [6.45, 7) is 4.36. The van der Waals surface area contributed by atoms with E-state index >= 15 is 0 Å². The van der Waals surface area contributed by atoms with Crippen molar-refractivity contribution in [2.45, 2.75) is 20.3 Å². The zero-order chi connectivity index (χ0) is 6.41. The van der Waals surface area contributed by atoms with Gasteiger partial charge in [-0.3, -0.25) is 0 Å². The zero-order valence-electron chi connectivity index (χ0n) is 5.85. The van der Waals surface area contributed by atoms with E-state index in [1.165, 1.54) is 0 Å². The second-order valence-electron chi connectivity index (χ2n) is 2.24. The summed E-state index contributed by atoms with van der Waals surface area (Å²) in [5, 5.41) is 0. The third-order valence-electron chi connectivity index (χ3n) is 0.840. The van der Waals surface area contributed by atoms with Gasteiger partial charge in [-0.15, -0.1) is 0 Å². The van der Waals surface area contributed by atoms with Gasteiger partial charge in [0.1, 0.15) is 0 Å². The van der Waals surface area contributed by atoms with Crippen LogP contribution >= 0.6 is 0 Å². The first kappa shape index (κ1) is 7.54. The molecule has 0 aromatic carbocycles. The Hall–Kier alpha value is -0.460. The highest BCUT2D eigenvalue weighted by Gasteiger charge is 1.85. The minimum Gasteiger partial charge on any atom is -0.505 e. The molecule has 0 aliphatic rings. The third kappa shape index (κ3) is 5.54. The van der Waals surface area contributed by atoms with Crippen molar-refractivity contribution in [3.63, 3.8) is 0 Å². The molecule has 0 aromatic heterocycles. The molecule has 0 rings (SSSR count). The molecule has 8 heavy (non-hydrogen) atoms. The molecule has 0 saturated carbocycles. The number of hydrogen-bond acceptors (Lipinski definition) is 1. The molecule has 0 heterocycles. The second kappa shape index (κ2) is 4.69. The largest absolute Gasteiger partial charge is 0.505 e. The minimum atomic E-state index is 0.737. The Balaban J connectivity index is 3.03. The summed E-state index contributed by atoms with van der Waals surface area (Å²) in [5.41, 5.74) is 0. The highest BCUT2D eigenvalue weighted by atomic mass is 16.5. The molecule has 0 N–H and O–H groups in total. The molecule has 0 aliphatic heterocycles. The first-order valence-electron chi connectivity index (χ1n) is 2.95. The van der Waals surface area contributed by atoms with Crippen molar-refractivity contribution in [3.8, 4) is 0 Å². The molecule has 0 amide bonds. The highest BCUT2D eigenvalue weighted by Crippen LogP contribution is 1.98. The van der Waals surface area contributed by atoms with Crippen LogP contribution < -0.4 is 0 Å². The van der Waals surface area contributed by atoms with Crippen LogP contribution in [0, 0.1) is 5.92 Å². The summed E-state index contributed by atoms with van der Waals surface area (Å²) in [7, 11) is 1.66. The van der Waals surface area contributed by atoms with E-state index in [4.69, 9.17) is 4.74 Å². The summed E-state index contributed by atoms with van der Waals surface area (Å²) in [6, 6.07) is 0. The van der Waals surface area contributed by atoms with E-state index in [1.807, 2.05) is 6.08 Å². The molecular weight excluding hydrogens is 100 g/mol. The average Bonchev–Trinajstić information content (AvgIpc) is 1.66. The van der Waals surface area contributed by atoms with Crippen molar-refractivity contribution in [1.82, 2.24) is 0 Å². The molecule has 0 unspecified atom stereocenters. The van der Waals surface area contributed by atoms with Crippen LogP contribution in [0.25, 0.3) is 0 Å². The van der Waals surface area contributed by atoms with Crippen molar-refractivity contribution in [2.75, 3.05) is 7.11 Å². The molecule has 0 aliphatic carbocycles. The highest BCUT2D eigenvalue weighted by molar-refractivity contribution is 4.73. The first-order valence-corrected chi connectivity index (χ1v) is 2.95. The summed E-state index contributed by atoms with van der Waals surface area (Å²) < 4.78 is 4.71. The second-order valence-corrected chi connectivity index (χ2v) is 2.24. The van der Waals surface area contributed by atoms with Crippen LogP contribution in [-0.4, -0.2) is 7.11 Å². The van der Waals surface area contributed by atoms with Crippen molar-refractivity contribution in [2.24, 2.45) is 5.92 Å². The van der Waals surface area contributed by atoms with Crippen molar-refractivity contribution in [1.29, 1.82) is 0 Å². The zero-order valence-corrected chi connectivity index (χ0v) is 5.85. The molecule has 0 fully saturated rings. The van der Waals surface area contributed by atoms with E-state index in [9.17, 15) is 0 Å². The van der Waals surface area contributed by atoms with Crippen LogP contribution in [0.5, 0.6) is 0 Å². The van der Waals surface area contributed by atoms with Crippen molar-refractivity contribution >= 4 is 0 Å². The van der Waals surface area contributed by atoms with Crippen molar-refractivity contribution < 1.29 is 4.74 Å². The van der Waals surface area contributed by atoms with E-state index in [-0.39, 0.29) is 0 Å². The summed E-state index contributed by atoms with van der Waals surface area (Å²) >= 11 is 0. The van der Waals surface area contributed by atoms with Gasteiger partial charge in [0.05, 0.1) is 13.4 Å². The average molecular weight is 114 g/mol. The molecule has 0 saturated heterocycles. The molecule has 0 spiro atoms. The number of methoxy groups -OCH3 is 1. The molecule has 0 atom stereocenters. The third-order valence-corrected chi connectivity index (χ3v) is 0.840. The van der Waals surface area contributed by atoms with Gasteiger partial charge in [0.2, 0.25) is 0 Å². The molecule has 0 aromatic rings. The quantitative estimate of drug-likeness (QED) is 0.511. The molecule has 48 valence electrons. The summed E-state index contributed by atoms with van der Waals surface area (Å²) in [6.07, 6.45) is 4.86. The van der Waals surface area contributed by atoms with Crippen molar-refractivity contribution in [3.05, 3.63) is 12.3 Å². The van der Waals surface area contributed by atoms with E-state index in [2.05, 4.69) is 13.8 Å². The molecular formula is C7H14O. The van der Waals surface area contributed by atoms with Crippen LogP contribution in [0.15, 0.2) is 12.3 Å². The minimum absolute atomic E-state index is 0.737. The fourth-order valence-corrected chi connectivity index (χ4v) is 0.424. The maximum Gasteiger partial charge on any atom is 0.0784 e. The molecule has 0 bridgehead atoms. The maximum atomic E-state index is 4.71. The van der Waals surface area contributed by atoms with Crippen LogP contribution in [-0.2, 0) is 4.74 Å². The maximum absolute atomic E-state index is 4.71. The number of hydrogen-bond donors (Lipinski definition) is 0. The lowest BCUT2D eigenvalue weighted by Crippen LogP contribution is -1.81. The lowest BCUT2D eigenvalue weighted by atomic mass is 10.1. The van der Waals surface area contributed by atoms with Gasteiger partial charge in [0.15, 0.2) is 0 Å². The Morgan fingerprint density at radius 3 is 2.50 bits per heavy atom. The van der Waals surface area contributed by atoms with E-state index in [1.54, 1.807) is 13.4 Å². The number of allylic oxidation sites excluding steroid dienone is 1. The lowest BCUT2D eigenvalue weighted by Gasteiger charge is -1.94. The van der Waals surface area contributed by atoms with Crippen LogP contribution in [0.2, 0.25) is 0 Å². The molecule has 1 nitrogen and oxygen atoms in total. The predicted octanol–water partition coefficient (Wildman–Crippen LogP) is 2.19. The normalized spacial score (nSPS) is 11.0. The monoisotopic (exact) mass is 114 g/mol. The Labute approximate surface area is 51.4 Å². The topological polar surface area (TPSA) is 9.23 Å². The molecule has 1 heteroatoms. The number of rotatable bonds is 3. The van der Waals surface area contributed by atoms with Gasteiger partial charge in [-0.05, 0) is 18.4 Å². The SMILES string of the molecule is CO/C=C/CC(C)C. The fraction of sp³-hybridized carbons (Fsp3) is 0.714. The Morgan fingerprint density at radius 1 is 1.50 bits per heavy atom. The van der Waals surface area contributed by atoms with Gasteiger partial charge in [0.25, 0.3) is 0 Å².